The minimum atomic E-state index is 0.525. The van der Waals surface area contributed by atoms with Crippen molar-refractivity contribution in [2.24, 2.45) is 0 Å². The van der Waals surface area contributed by atoms with E-state index in [1.54, 1.807) is 0 Å². The lowest BCUT2D eigenvalue weighted by Gasteiger charge is -2.26. The van der Waals surface area contributed by atoms with Crippen molar-refractivity contribution in [2.45, 2.75) is 45.1 Å². The van der Waals surface area contributed by atoms with Crippen molar-refractivity contribution >= 4 is 11.6 Å². The Labute approximate surface area is 128 Å². The van der Waals surface area contributed by atoms with Gasteiger partial charge in [-0.2, -0.15) is 0 Å². The summed E-state index contributed by atoms with van der Waals surface area (Å²) in [5, 5.41) is 4.44. The van der Waals surface area contributed by atoms with Gasteiger partial charge in [0.25, 0.3) is 0 Å². The van der Waals surface area contributed by atoms with Crippen LogP contribution in [0.1, 0.15) is 38.2 Å². The zero-order valence-corrected chi connectivity index (χ0v) is 13.3. The molecule has 1 N–H and O–H groups in total. The molecule has 0 aliphatic carbocycles. The molecule has 0 amide bonds. The predicted molar refractivity (Wildman–Crippen MR) is 87.5 cm³/mol. The molecule has 2 nitrogen and oxygen atoms in total. The Balaban J connectivity index is 1.57. The molecule has 0 saturated carbocycles. The van der Waals surface area contributed by atoms with E-state index in [-0.39, 0.29) is 0 Å². The number of piperidine rings is 1. The number of hydrogen-bond acceptors (Lipinski definition) is 2. The Morgan fingerprint density at radius 2 is 1.85 bits per heavy atom. The van der Waals surface area contributed by atoms with Crippen LogP contribution in [0.2, 0.25) is 5.02 Å². The van der Waals surface area contributed by atoms with Crippen molar-refractivity contribution in [3.8, 4) is 0 Å². The summed E-state index contributed by atoms with van der Waals surface area (Å²) in [7, 11) is 0. The first-order chi connectivity index (χ1) is 9.74. The summed E-state index contributed by atoms with van der Waals surface area (Å²) in [6, 6.07) is 8.71. The lowest BCUT2D eigenvalue weighted by molar-refractivity contribution is 0.225. The van der Waals surface area contributed by atoms with Crippen molar-refractivity contribution in [3.63, 3.8) is 0 Å². The fourth-order valence-corrected chi connectivity index (χ4v) is 3.01. The van der Waals surface area contributed by atoms with Gasteiger partial charge in [-0.15, -0.1) is 0 Å². The van der Waals surface area contributed by atoms with Crippen LogP contribution < -0.4 is 5.32 Å². The maximum atomic E-state index is 5.90. The first-order valence-corrected chi connectivity index (χ1v) is 8.32. The molecule has 1 unspecified atom stereocenters. The zero-order chi connectivity index (χ0) is 14.2. The van der Waals surface area contributed by atoms with Crippen molar-refractivity contribution in [1.29, 1.82) is 0 Å². The second-order valence-corrected chi connectivity index (χ2v) is 6.38. The van der Waals surface area contributed by atoms with E-state index in [0.29, 0.717) is 6.04 Å². The monoisotopic (exact) mass is 294 g/mol. The third kappa shape index (κ3) is 5.82. The zero-order valence-electron chi connectivity index (χ0n) is 12.6. The highest BCUT2D eigenvalue weighted by Gasteiger charge is 2.09. The number of nitrogens with one attached hydrogen (secondary N) is 1. The molecule has 1 heterocycles. The van der Waals surface area contributed by atoms with Crippen LogP contribution in [0.3, 0.4) is 0 Å². The molecule has 0 aromatic heterocycles. The van der Waals surface area contributed by atoms with Gasteiger partial charge in [0.1, 0.15) is 0 Å². The van der Waals surface area contributed by atoms with Crippen LogP contribution in [-0.2, 0) is 6.42 Å². The number of rotatable bonds is 7. The highest BCUT2D eigenvalue weighted by Crippen LogP contribution is 2.11. The fraction of sp³-hybridized carbons (Fsp3) is 0.647. The van der Waals surface area contributed by atoms with Crippen LogP contribution in [-0.4, -0.2) is 37.1 Å². The number of halogens is 1. The number of benzene rings is 1. The second kappa shape index (κ2) is 8.66. The number of likely N-dealkylation sites (tertiary alicyclic amines) is 1. The maximum Gasteiger partial charge on any atom is 0.0406 e. The van der Waals surface area contributed by atoms with Gasteiger partial charge in [-0.05, 0) is 76.5 Å². The summed E-state index contributed by atoms with van der Waals surface area (Å²) in [4.78, 5) is 2.61. The standard InChI is InChI=1S/C17H27ClN2/c1-15(14-16-6-8-17(18)9-7-16)19-10-5-13-20-11-3-2-4-12-20/h6-9,15,19H,2-5,10-14H2,1H3. The van der Waals surface area contributed by atoms with E-state index in [0.717, 1.165) is 18.0 Å². The molecule has 20 heavy (non-hydrogen) atoms. The topological polar surface area (TPSA) is 15.3 Å². The van der Waals surface area contributed by atoms with Crippen LogP contribution in [0.4, 0.5) is 0 Å². The minimum Gasteiger partial charge on any atom is -0.314 e. The van der Waals surface area contributed by atoms with Crippen molar-refractivity contribution in [1.82, 2.24) is 10.2 Å². The molecule has 2 rings (SSSR count). The highest BCUT2D eigenvalue weighted by atomic mass is 35.5. The van der Waals surface area contributed by atoms with Crippen LogP contribution in [0.5, 0.6) is 0 Å². The summed E-state index contributed by atoms with van der Waals surface area (Å²) < 4.78 is 0. The molecular formula is C17H27ClN2. The third-order valence-corrected chi connectivity index (χ3v) is 4.30. The van der Waals surface area contributed by atoms with Gasteiger partial charge in [-0.3, -0.25) is 0 Å². The number of nitrogens with zero attached hydrogens (tertiary/aromatic N) is 1. The largest absolute Gasteiger partial charge is 0.314 e. The number of hydrogen-bond donors (Lipinski definition) is 1. The van der Waals surface area contributed by atoms with Crippen LogP contribution in [0, 0.1) is 0 Å². The fourth-order valence-electron chi connectivity index (χ4n) is 2.88. The highest BCUT2D eigenvalue weighted by molar-refractivity contribution is 6.30. The Morgan fingerprint density at radius 1 is 1.15 bits per heavy atom. The Kier molecular flexibility index (Phi) is 6.85. The molecule has 3 heteroatoms. The molecule has 0 bridgehead atoms. The van der Waals surface area contributed by atoms with E-state index in [1.807, 2.05) is 12.1 Å². The van der Waals surface area contributed by atoms with Gasteiger partial charge in [0.05, 0.1) is 0 Å². The summed E-state index contributed by atoms with van der Waals surface area (Å²) in [5.74, 6) is 0. The third-order valence-electron chi connectivity index (χ3n) is 4.05. The Bertz CT molecular complexity index is 371. The molecule has 1 saturated heterocycles. The van der Waals surface area contributed by atoms with E-state index in [4.69, 9.17) is 11.6 Å². The molecule has 112 valence electrons. The maximum absolute atomic E-state index is 5.90. The van der Waals surface area contributed by atoms with Crippen LogP contribution in [0.25, 0.3) is 0 Å². The Morgan fingerprint density at radius 3 is 2.55 bits per heavy atom. The molecule has 1 aliphatic rings. The van der Waals surface area contributed by atoms with Gasteiger partial charge >= 0.3 is 0 Å². The first kappa shape index (κ1) is 15.8. The van der Waals surface area contributed by atoms with Crippen LogP contribution in [0.15, 0.2) is 24.3 Å². The molecule has 1 aliphatic heterocycles. The van der Waals surface area contributed by atoms with Crippen molar-refractivity contribution < 1.29 is 0 Å². The van der Waals surface area contributed by atoms with Gasteiger partial charge in [0, 0.05) is 11.1 Å². The second-order valence-electron chi connectivity index (χ2n) is 5.94. The normalized spacial score (nSPS) is 18.1. The summed E-state index contributed by atoms with van der Waals surface area (Å²) in [5.41, 5.74) is 1.35. The minimum absolute atomic E-state index is 0.525. The lowest BCUT2D eigenvalue weighted by atomic mass is 10.1. The first-order valence-electron chi connectivity index (χ1n) is 7.94. The summed E-state index contributed by atoms with van der Waals surface area (Å²) in [6.07, 6.45) is 6.53. The smallest absolute Gasteiger partial charge is 0.0406 e. The Hall–Kier alpha value is -0.570. The van der Waals surface area contributed by atoms with Gasteiger partial charge in [0.2, 0.25) is 0 Å². The van der Waals surface area contributed by atoms with Gasteiger partial charge < -0.3 is 10.2 Å². The molecule has 1 atom stereocenters. The van der Waals surface area contributed by atoms with E-state index in [9.17, 15) is 0 Å². The molecule has 0 spiro atoms. The molecular weight excluding hydrogens is 268 g/mol. The van der Waals surface area contributed by atoms with E-state index >= 15 is 0 Å². The van der Waals surface area contributed by atoms with Crippen LogP contribution >= 0.6 is 11.6 Å². The quantitative estimate of drug-likeness (QED) is 0.771. The predicted octanol–water partition coefficient (Wildman–Crippen LogP) is 3.74. The average molecular weight is 295 g/mol. The summed E-state index contributed by atoms with van der Waals surface area (Å²) in [6.45, 7) is 7.24. The SMILES string of the molecule is CC(Cc1ccc(Cl)cc1)NCCCN1CCCCC1. The van der Waals surface area contributed by atoms with E-state index in [2.05, 4.69) is 29.3 Å². The molecule has 1 aromatic rings. The summed E-state index contributed by atoms with van der Waals surface area (Å²) >= 11 is 5.90. The average Bonchev–Trinajstić information content (AvgIpc) is 2.47. The van der Waals surface area contributed by atoms with Gasteiger partial charge in [-0.25, -0.2) is 0 Å². The van der Waals surface area contributed by atoms with Gasteiger partial charge in [0.15, 0.2) is 0 Å². The van der Waals surface area contributed by atoms with Gasteiger partial charge in [-0.1, -0.05) is 30.2 Å². The van der Waals surface area contributed by atoms with Crippen molar-refractivity contribution in [3.05, 3.63) is 34.9 Å². The van der Waals surface area contributed by atoms with E-state index < -0.39 is 0 Å². The molecule has 0 radical (unpaired) electrons. The lowest BCUT2D eigenvalue weighted by Crippen LogP contribution is -2.34. The molecule has 1 aromatic carbocycles. The van der Waals surface area contributed by atoms with E-state index in [1.165, 1.54) is 50.9 Å². The molecule has 1 fully saturated rings. The van der Waals surface area contributed by atoms with Crippen molar-refractivity contribution in [2.75, 3.05) is 26.2 Å².